The number of quaternary nitrogens is 1. The fourth-order valence-electron chi connectivity index (χ4n) is 5.88. The van der Waals surface area contributed by atoms with Gasteiger partial charge in [0, 0.05) is 13.0 Å². The van der Waals surface area contributed by atoms with Crippen molar-refractivity contribution < 1.29 is 37.3 Å². The number of rotatable bonds is 40. The summed E-state index contributed by atoms with van der Waals surface area (Å²) >= 11 is 0. The summed E-state index contributed by atoms with van der Waals surface area (Å²) < 4.78 is 34.9. The van der Waals surface area contributed by atoms with Gasteiger partial charge in [-0.25, -0.2) is 4.57 Å². The molecule has 2 atom stereocenters. The molecule has 9 heteroatoms. The number of ether oxygens (including phenoxy) is 2. The molecule has 0 radical (unpaired) electrons. The third-order valence-electron chi connectivity index (χ3n) is 9.27. The van der Waals surface area contributed by atoms with Gasteiger partial charge in [-0.1, -0.05) is 160 Å². The van der Waals surface area contributed by atoms with Crippen LogP contribution in [0.5, 0.6) is 0 Å². The maximum absolute atomic E-state index is 12.7. The Hall–Kier alpha value is -1.02. The number of phosphoric acid groups is 1. The van der Waals surface area contributed by atoms with Crippen LogP contribution in [-0.4, -0.2) is 75.6 Å². The molecule has 0 heterocycles. The zero-order chi connectivity index (χ0) is 38.4. The highest BCUT2D eigenvalue weighted by Crippen LogP contribution is 2.43. The largest absolute Gasteiger partial charge is 0.472 e. The Bertz CT molecular complexity index is 889. The number of nitrogens with zero attached hydrogens (tertiary/aromatic N) is 1. The van der Waals surface area contributed by atoms with Crippen LogP contribution >= 0.6 is 7.82 Å². The summed E-state index contributed by atoms with van der Waals surface area (Å²) in [6, 6.07) is 0. The Morgan fingerprint density at radius 1 is 0.596 bits per heavy atom. The second-order valence-corrected chi connectivity index (χ2v) is 17.2. The lowest BCUT2D eigenvalue weighted by Gasteiger charge is -2.24. The zero-order valence-corrected chi connectivity index (χ0v) is 35.7. The fraction of sp³-hybridized carbons (Fsp3) is 0.884. The number of hydrogen-bond donors (Lipinski definition) is 1. The molecule has 52 heavy (non-hydrogen) atoms. The van der Waals surface area contributed by atoms with E-state index in [1.54, 1.807) is 0 Å². The third-order valence-corrected chi connectivity index (χ3v) is 10.2. The maximum atomic E-state index is 12.7. The first kappa shape index (κ1) is 51.0. The van der Waals surface area contributed by atoms with Gasteiger partial charge < -0.3 is 18.9 Å². The molecule has 0 aromatic rings. The minimum atomic E-state index is -4.27. The van der Waals surface area contributed by atoms with Gasteiger partial charge in [0.2, 0.25) is 0 Å². The van der Waals surface area contributed by atoms with Crippen molar-refractivity contribution in [1.29, 1.82) is 0 Å². The topological polar surface area (TPSA) is 91.3 Å². The minimum absolute atomic E-state index is 0.0895. The van der Waals surface area contributed by atoms with Crippen LogP contribution in [0.4, 0.5) is 0 Å². The highest BCUT2D eigenvalue weighted by molar-refractivity contribution is 7.47. The van der Waals surface area contributed by atoms with Crippen LogP contribution in [0.3, 0.4) is 0 Å². The molecule has 0 rings (SSSR count). The van der Waals surface area contributed by atoms with Crippen molar-refractivity contribution in [3.05, 3.63) is 24.3 Å². The van der Waals surface area contributed by atoms with Gasteiger partial charge in [-0.3, -0.25) is 13.8 Å². The summed E-state index contributed by atoms with van der Waals surface area (Å²) in [6.07, 6.45) is 40.6. The molecule has 8 nitrogen and oxygen atoms in total. The van der Waals surface area contributed by atoms with Gasteiger partial charge in [0.1, 0.15) is 19.3 Å². The second kappa shape index (κ2) is 36.9. The molecule has 308 valence electrons. The first-order valence-corrected chi connectivity index (χ1v) is 23.1. The lowest BCUT2D eigenvalue weighted by Crippen LogP contribution is -2.37. The van der Waals surface area contributed by atoms with E-state index < -0.39 is 13.9 Å². The van der Waals surface area contributed by atoms with E-state index in [2.05, 4.69) is 38.2 Å². The molecular weight excluding hydrogens is 673 g/mol. The molecule has 0 aliphatic carbocycles. The molecular formula is C43H85NO7P+. The Morgan fingerprint density at radius 2 is 1.06 bits per heavy atom. The molecule has 1 N–H and O–H groups in total. The Balaban J connectivity index is 4.19. The van der Waals surface area contributed by atoms with E-state index in [-0.39, 0.29) is 25.8 Å². The molecule has 0 saturated heterocycles. The lowest BCUT2D eigenvalue weighted by atomic mass is 10.1. The van der Waals surface area contributed by atoms with E-state index in [0.29, 0.717) is 24.1 Å². The number of phosphoric ester groups is 1. The number of likely N-dealkylation sites (N-methyl/N-ethyl adjacent to an activating group) is 1. The molecule has 0 amide bonds. The van der Waals surface area contributed by atoms with Gasteiger partial charge in [0.05, 0.1) is 34.4 Å². The van der Waals surface area contributed by atoms with Gasteiger partial charge in [-0.05, 0) is 44.9 Å². The normalized spacial score (nSPS) is 14.0. The number of hydrogen-bond acceptors (Lipinski definition) is 6. The van der Waals surface area contributed by atoms with Crippen LogP contribution in [0.15, 0.2) is 24.3 Å². The molecule has 0 aromatic heterocycles. The van der Waals surface area contributed by atoms with E-state index in [1.165, 1.54) is 128 Å². The smallest absolute Gasteiger partial charge is 0.457 e. The molecule has 2 unspecified atom stereocenters. The summed E-state index contributed by atoms with van der Waals surface area (Å²) in [5.74, 6) is -0.317. The predicted molar refractivity (Wildman–Crippen MR) is 220 cm³/mol. The van der Waals surface area contributed by atoms with Gasteiger partial charge in [-0.15, -0.1) is 0 Å². The zero-order valence-electron chi connectivity index (χ0n) is 34.8. The van der Waals surface area contributed by atoms with Crippen molar-refractivity contribution in [2.45, 2.75) is 193 Å². The second-order valence-electron chi connectivity index (χ2n) is 15.7. The number of carbonyl (C=O) groups is 1. The van der Waals surface area contributed by atoms with Gasteiger partial charge in [-0.2, -0.15) is 0 Å². The first-order valence-electron chi connectivity index (χ1n) is 21.6. The van der Waals surface area contributed by atoms with E-state index >= 15 is 0 Å². The molecule has 0 saturated carbocycles. The van der Waals surface area contributed by atoms with Crippen LogP contribution in [0, 0.1) is 0 Å². The minimum Gasteiger partial charge on any atom is -0.457 e. The standard InChI is InChI=1S/C43H84NO7P/c1-6-8-10-12-14-16-18-19-20-21-22-23-24-25-26-28-30-32-34-36-43(45)51-42(41-50-52(46,47)49-39-37-44(3,4)5)40-48-38-35-33-31-29-27-17-15-13-11-9-7-2/h14,16,19-20,42H,6-13,15,17-18,21-41H2,1-5H3/p+1/b16-14-,20-19-. The van der Waals surface area contributed by atoms with E-state index in [9.17, 15) is 14.3 Å². The molecule has 0 bridgehead atoms. The lowest BCUT2D eigenvalue weighted by molar-refractivity contribution is -0.870. The number of esters is 1. The SMILES string of the molecule is CCCCC/C=C\C/C=C\CCCCCCCCCCCC(=O)OC(COCCCCCCCCCCCCC)COP(=O)(O)OCC[N+](C)(C)C. The molecule has 0 aliphatic heterocycles. The monoisotopic (exact) mass is 759 g/mol. The number of carbonyl (C=O) groups excluding carboxylic acids is 1. The molecule has 0 aromatic carbocycles. The van der Waals surface area contributed by atoms with Crippen LogP contribution in [0.1, 0.15) is 187 Å². The Labute approximate surface area is 322 Å². The van der Waals surface area contributed by atoms with Crippen molar-refractivity contribution >= 4 is 13.8 Å². The maximum Gasteiger partial charge on any atom is 0.472 e. The predicted octanol–water partition coefficient (Wildman–Crippen LogP) is 12.4. The van der Waals surface area contributed by atoms with Crippen molar-refractivity contribution in [2.75, 3.05) is 54.1 Å². The van der Waals surface area contributed by atoms with E-state index in [0.717, 1.165) is 38.5 Å². The van der Waals surface area contributed by atoms with Gasteiger partial charge in [0.15, 0.2) is 0 Å². The summed E-state index contributed by atoms with van der Waals surface area (Å²) in [4.78, 5) is 22.8. The summed E-state index contributed by atoms with van der Waals surface area (Å²) in [6.45, 7) is 5.61. The highest BCUT2D eigenvalue weighted by atomic mass is 31.2. The molecule has 0 aliphatic rings. The van der Waals surface area contributed by atoms with Gasteiger partial charge in [0.25, 0.3) is 0 Å². The first-order chi connectivity index (χ1) is 25.1. The van der Waals surface area contributed by atoms with Crippen LogP contribution < -0.4 is 0 Å². The number of unbranched alkanes of at least 4 members (excludes halogenated alkanes) is 22. The fourth-order valence-corrected chi connectivity index (χ4v) is 6.62. The van der Waals surface area contributed by atoms with Crippen molar-refractivity contribution in [1.82, 2.24) is 0 Å². The van der Waals surface area contributed by atoms with Gasteiger partial charge >= 0.3 is 13.8 Å². The van der Waals surface area contributed by atoms with Crippen LogP contribution in [0.25, 0.3) is 0 Å². The summed E-state index contributed by atoms with van der Waals surface area (Å²) in [5, 5.41) is 0. The van der Waals surface area contributed by atoms with Crippen LogP contribution in [0.2, 0.25) is 0 Å². The van der Waals surface area contributed by atoms with E-state index in [4.69, 9.17) is 18.5 Å². The summed E-state index contributed by atoms with van der Waals surface area (Å²) in [5.41, 5.74) is 0. The molecule has 0 fully saturated rings. The van der Waals surface area contributed by atoms with Crippen molar-refractivity contribution in [2.24, 2.45) is 0 Å². The Kier molecular flexibility index (Phi) is 36.2. The Morgan fingerprint density at radius 3 is 1.60 bits per heavy atom. The molecule has 0 spiro atoms. The number of allylic oxidation sites excluding steroid dienone is 4. The van der Waals surface area contributed by atoms with Crippen LogP contribution in [-0.2, 0) is 27.9 Å². The summed E-state index contributed by atoms with van der Waals surface area (Å²) in [7, 11) is 1.67. The highest BCUT2D eigenvalue weighted by Gasteiger charge is 2.26. The quantitative estimate of drug-likeness (QED) is 0.0219. The average molecular weight is 759 g/mol. The van der Waals surface area contributed by atoms with E-state index in [1.807, 2.05) is 21.1 Å². The average Bonchev–Trinajstić information content (AvgIpc) is 3.09. The van der Waals surface area contributed by atoms with Crippen molar-refractivity contribution in [3.8, 4) is 0 Å². The third kappa shape index (κ3) is 40.2. The van der Waals surface area contributed by atoms with Crippen molar-refractivity contribution in [3.63, 3.8) is 0 Å².